The molecule has 8 heteroatoms. The quantitative estimate of drug-likeness (QED) is 0.612. The molecule has 0 aromatic heterocycles. The van der Waals surface area contributed by atoms with Crippen molar-refractivity contribution < 1.29 is 31.9 Å². The van der Waals surface area contributed by atoms with Gasteiger partial charge in [0.25, 0.3) is 5.91 Å². The van der Waals surface area contributed by atoms with Gasteiger partial charge < -0.3 is 10.1 Å². The molecule has 1 N–H and O–H groups in total. The van der Waals surface area contributed by atoms with Gasteiger partial charge in [0.05, 0.1) is 6.61 Å². The number of benzene rings is 2. The van der Waals surface area contributed by atoms with Gasteiger partial charge in [0, 0.05) is 12.0 Å². The Morgan fingerprint density at radius 3 is 2.11 bits per heavy atom. The largest absolute Gasteiger partial charge is 0.464 e. The lowest BCUT2D eigenvalue weighted by Gasteiger charge is -2.34. The number of hydrogen-bond donors (Lipinski definition) is 1. The average molecular weight is 383 g/mol. The Labute approximate surface area is 153 Å². The first-order valence-electron chi connectivity index (χ1n) is 8.05. The van der Waals surface area contributed by atoms with Crippen LogP contribution in [0.2, 0.25) is 0 Å². The lowest BCUT2D eigenvalue weighted by Crippen LogP contribution is -2.66. The van der Waals surface area contributed by atoms with Gasteiger partial charge in [0.1, 0.15) is 5.82 Å². The Balaban J connectivity index is 2.47. The summed E-state index contributed by atoms with van der Waals surface area (Å²) >= 11 is 0. The first-order chi connectivity index (χ1) is 12.7. The molecular formula is C19H17F4NO3. The molecular weight excluding hydrogens is 366 g/mol. The van der Waals surface area contributed by atoms with E-state index < -0.39 is 35.8 Å². The van der Waals surface area contributed by atoms with Crippen molar-refractivity contribution in [2.45, 2.75) is 25.1 Å². The molecule has 1 amide bonds. The van der Waals surface area contributed by atoms with E-state index >= 15 is 0 Å². The van der Waals surface area contributed by atoms with Crippen LogP contribution in [0.5, 0.6) is 0 Å². The van der Waals surface area contributed by atoms with Crippen LogP contribution < -0.4 is 5.32 Å². The fraction of sp³-hybridized carbons (Fsp3) is 0.263. The highest BCUT2D eigenvalue weighted by Gasteiger charge is 2.62. The third-order valence-corrected chi connectivity index (χ3v) is 3.85. The molecule has 27 heavy (non-hydrogen) atoms. The van der Waals surface area contributed by atoms with Gasteiger partial charge in [0.15, 0.2) is 0 Å². The Bertz CT molecular complexity index is 791. The number of nitrogens with one attached hydrogen (secondary N) is 1. The van der Waals surface area contributed by atoms with Crippen molar-refractivity contribution in [1.29, 1.82) is 0 Å². The highest BCUT2D eigenvalue weighted by Crippen LogP contribution is 2.35. The van der Waals surface area contributed by atoms with E-state index in [9.17, 15) is 27.2 Å². The van der Waals surface area contributed by atoms with E-state index in [2.05, 4.69) is 4.74 Å². The highest BCUT2D eigenvalue weighted by molar-refractivity contribution is 5.98. The van der Waals surface area contributed by atoms with Crippen molar-refractivity contribution in [2.75, 3.05) is 6.61 Å². The van der Waals surface area contributed by atoms with Crippen LogP contribution in [0.4, 0.5) is 17.6 Å². The van der Waals surface area contributed by atoms with Gasteiger partial charge in [-0.3, -0.25) is 4.79 Å². The van der Waals surface area contributed by atoms with Gasteiger partial charge in [-0.25, -0.2) is 9.18 Å². The molecule has 2 rings (SSSR count). The molecule has 0 radical (unpaired) electrons. The minimum absolute atomic E-state index is 0.183. The Kier molecular flexibility index (Phi) is 6.20. The molecule has 2 aromatic carbocycles. The molecule has 0 bridgehead atoms. The maximum absolute atomic E-state index is 14.0. The summed E-state index contributed by atoms with van der Waals surface area (Å²) in [6.07, 6.45) is -5.98. The van der Waals surface area contributed by atoms with Crippen LogP contribution in [0, 0.1) is 5.82 Å². The van der Waals surface area contributed by atoms with E-state index in [4.69, 9.17) is 0 Å². The summed E-state index contributed by atoms with van der Waals surface area (Å²) in [6.45, 7) is 1.07. The van der Waals surface area contributed by atoms with Crippen molar-refractivity contribution >= 4 is 11.9 Å². The highest BCUT2D eigenvalue weighted by atomic mass is 19.4. The predicted octanol–water partition coefficient (Wildman–Crippen LogP) is 3.66. The number of halogens is 4. The summed E-state index contributed by atoms with van der Waals surface area (Å²) in [5.74, 6) is -3.43. The van der Waals surface area contributed by atoms with E-state index in [1.807, 2.05) is 0 Å². The maximum atomic E-state index is 14.0. The molecule has 0 spiro atoms. The zero-order valence-corrected chi connectivity index (χ0v) is 14.3. The SMILES string of the molecule is CCOC(=O)[C@@](Cc1ccccc1)(NC(=O)c1ccc(F)cc1)C(F)(F)F. The Morgan fingerprint density at radius 2 is 1.59 bits per heavy atom. The summed E-state index contributed by atoms with van der Waals surface area (Å²) in [5.41, 5.74) is -3.32. The van der Waals surface area contributed by atoms with E-state index in [-0.39, 0.29) is 17.7 Å². The summed E-state index contributed by atoms with van der Waals surface area (Å²) in [6, 6.07) is 11.4. The molecule has 0 saturated heterocycles. The number of esters is 1. The molecule has 0 aliphatic heterocycles. The first-order valence-corrected chi connectivity index (χ1v) is 8.05. The third kappa shape index (κ3) is 4.64. The second-order valence-corrected chi connectivity index (χ2v) is 5.75. The zero-order chi connectivity index (χ0) is 20.1. The first kappa shape index (κ1) is 20.4. The summed E-state index contributed by atoms with van der Waals surface area (Å²) in [4.78, 5) is 24.7. The van der Waals surface area contributed by atoms with Crippen LogP contribution in [0.25, 0.3) is 0 Å². The molecule has 1 atom stereocenters. The maximum Gasteiger partial charge on any atom is 0.422 e. The van der Waals surface area contributed by atoms with Crippen molar-refractivity contribution in [3.63, 3.8) is 0 Å². The van der Waals surface area contributed by atoms with E-state index in [1.54, 1.807) is 11.4 Å². The normalized spacial score (nSPS) is 13.5. The lowest BCUT2D eigenvalue weighted by molar-refractivity contribution is -0.211. The monoisotopic (exact) mass is 383 g/mol. The Hall–Kier alpha value is -2.90. The number of carbonyl (C=O) groups is 2. The second-order valence-electron chi connectivity index (χ2n) is 5.75. The topological polar surface area (TPSA) is 55.4 Å². The summed E-state index contributed by atoms with van der Waals surface area (Å²) < 4.78 is 59.6. The minimum Gasteiger partial charge on any atom is -0.464 e. The van der Waals surface area contributed by atoms with Crippen molar-refractivity contribution in [3.05, 3.63) is 71.5 Å². The average Bonchev–Trinajstić information content (AvgIpc) is 2.61. The summed E-state index contributed by atoms with van der Waals surface area (Å²) in [7, 11) is 0. The number of hydrogen-bond acceptors (Lipinski definition) is 3. The molecule has 4 nitrogen and oxygen atoms in total. The molecule has 0 aliphatic carbocycles. The zero-order valence-electron chi connectivity index (χ0n) is 14.3. The molecule has 144 valence electrons. The van der Waals surface area contributed by atoms with Gasteiger partial charge in [0.2, 0.25) is 5.54 Å². The number of amides is 1. The number of alkyl halides is 3. The van der Waals surface area contributed by atoms with Gasteiger partial charge in [-0.1, -0.05) is 30.3 Å². The molecule has 2 aromatic rings. The number of rotatable bonds is 6. The van der Waals surface area contributed by atoms with Crippen LogP contribution in [0.1, 0.15) is 22.8 Å². The minimum atomic E-state index is -5.13. The molecule has 0 heterocycles. The van der Waals surface area contributed by atoms with E-state index in [0.717, 1.165) is 24.3 Å². The van der Waals surface area contributed by atoms with E-state index in [1.165, 1.54) is 31.2 Å². The van der Waals surface area contributed by atoms with E-state index in [0.29, 0.717) is 0 Å². The third-order valence-electron chi connectivity index (χ3n) is 3.85. The van der Waals surface area contributed by atoms with Crippen LogP contribution >= 0.6 is 0 Å². The standard InChI is InChI=1S/C19H17F4NO3/c1-2-27-17(26)18(19(21,22)23,12-13-6-4-3-5-7-13)24-16(25)14-8-10-15(20)11-9-14/h3-11H,2,12H2,1H3,(H,24,25)/t18-/m1/s1. The van der Waals surface area contributed by atoms with Crippen LogP contribution in [0.3, 0.4) is 0 Å². The molecule has 0 aliphatic rings. The molecule has 0 saturated carbocycles. The van der Waals surface area contributed by atoms with Crippen LogP contribution in [-0.2, 0) is 16.0 Å². The van der Waals surface area contributed by atoms with Crippen molar-refractivity contribution in [3.8, 4) is 0 Å². The fourth-order valence-corrected chi connectivity index (χ4v) is 2.48. The Morgan fingerprint density at radius 1 is 1.00 bits per heavy atom. The fourth-order valence-electron chi connectivity index (χ4n) is 2.48. The smallest absolute Gasteiger partial charge is 0.422 e. The van der Waals surface area contributed by atoms with Gasteiger partial charge in [-0.05, 0) is 36.8 Å². The summed E-state index contributed by atoms with van der Waals surface area (Å²) in [5, 5.41) is 1.78. The van der Waals surface area contributed by atoms with Gasteiger partial charge >= 0.3 is 12.1 Å². The van der Waals surface area contributed by atoms with Gasteiger partial charge in [-0.15, -0.1) is 0 Å². The van der Waals surface area contributed by atoms with Crippen molar-refractivity contribution in [1.82, 2.24) is 5.32 Å². The predicted molar refractivity (Wildman–Crippen MR) is 89.4 cm³/mol. The van der Waals surface area contributed by atoms with Crippen LogP contribution in [-0.4, -0.2) is 30.2 Å². The second kappa shape index (κ2) is 8.20. The van der Waals surface area contributed by atoms with Crippen LogP contribution in [0.15, 0.2) is 54.6 Å². The number of ether oxygens (including phenoxy) is 1. The lowest BCUT2D eigenvalue weighted by atomic mass is 9.89. The molecule has 0 unspecified atom stereocenters. The van der Waals surface area contributed by atoms with Crippen molar-refractivity contribution in [2.24, 2.45) is 0 Å². The van der Waals surface area contributed by atoms with Gasteiger partial charge in [-0.2, -0.15) is 13.2 Å². The number of carbonyl (C=O) groups excluding carboxylic acids is 2. The molecule has 0 fully saturated rings.